The zero-order valence-electron chi connectivity index (χ0n) is 23.1. The number of esters is 2. The molecule has 4 aromatic carbocycles. The van der Waals surface area contributed by atoms with Crippen LogP contribution in [0.2, 0.25) is 0 Å². The van der Waals surface area contributed by atoms with Gasteiger partial charge < -0.3 is 20.9 Å². The zero-order valence-corrected chi connectivity index (χ0v) is 23.1. The predicted octanol–water partition coefficient (Wildman–Crippen LogP) is 6.02. The summed E-state index contributed by atoms with van der Waals surface area (Å²) in [4.78, 5) is 25.5. The molecule has 4 aromatic rings. The molecule has 0 amide bonds. The number of methoxy groups -OCH3 is 2. The molecule has 0 aromatic heterocycles. The maximum atomic E-state index is 12.7. The highest BCUT2D eigenvalue weighted by atomic mass is 16.5. The second kappa shape index (κ2) is 9.31. The lowest BCUT2D eigenvalue weighted by molar-refractivity contribution is 0.0592. The Morgan fingerprint density at radius 2 is 0.923 bits per heavy atom. The maximum Gasteiger partial charge on any atom is 0.337 e. The van der Waals surface area contributed by atoms with Gasteiger partial charge in [-0.3, -0.25) is 0 Å². The Bertz CT molecular complexity index is 1510. The molecule has 5 rings (SSSR count). The van der Waals surface area contributed by atoms with E-state index in [1.165, 1.54) is 14.2 Å². The summed E-state index contributed by atoms with van der Waals surface area (Å²) in [6, 6.07) is 19.6. The van der Waals surface area contributed by atoms with E-state index in [4.69, 9.17) is 20.9 Å². The molecule has 0 unspecified atom stereocenters. The van der Waals surface area contributed by atoms with Gasteiger partial charge in [-0.1, -0.05) is 36.4 Å². The molecule has 0 fully saturated rings. The highest BCUT2D eigenvalue weighted by Gasteiger charge is 2.47. The summed E-state index contributed by atoms with van der Waals surface area (Å²) in [6.45, 7) is 7.97. The average molecular weight is 521 g/mol. The minimum absolute atomic E-state index is 0.424. The zero-order chi connectivity index (χ0) is 28.2. The molecule has 4 N–H and O–H groups in total. The summed E-state index contributed by atoms with van der Waals surface area (Å²) < 4.78 is 10.2. The van der Waals surface area contributed by atoms with Crippen molar-refractivity contribution in [2.45, 2.75) is 33.1 Å². The lowest BCUT2D eigenvalue weighted by Crippen LogP contribution is -2.30. The van der Waals surface area contributed by atoms with E-state index in [1.54, 1.807) is 12.1 Å². The van der Waals surface area contributed by atoms with Crippen molar-refractivity contribution in [1.29, 1.82) is 0 Å². The van der Waals surface area contributed by atoms with Crippen LogP contribution < -0.4 is 11.5 Å². The first kappa shape index (κ1) is 26.0. The summed E-state index contributed by atoms with van der Waals surface area (Å²) in [5.74, 6) is -0.848. The van der Waals surface area contributed by atoms with Crippen molar-refractivity contribution in [3.8, 4) is 11.1 Å². The average Bonchev–Trinajstić information content (AvgIpc) is 3.22. The van der Waals surface area contributed by atoms with Gasteiger partial charge in [0.25, 0.3) is 0 Å². The lowest BCUT2D eigenvalue weighted by atomic mass is 9.66. The van der Waals surface area contributed by atoms with Gasteiger partial charge in [-0.05, 0) is 108 Å². The van der Waals surface area contributed by atoms with Crippen molar-refractivity contribution in [3.63, 3.8) is 0 Å². The van der Waals surface area contributed by atoms with Gasteiger partial charge in [0.15, 0.2) is 0 Å². The number of carbonyl (C=O) groups is 2. The van der Waals surface area contributed by atoms with Gasteiger partial charge in [-0.15, -0.1) is 0 Å². The Morgan fingerprint density at radius 3 is 1.23 bits per heavy atom. The van der Waals surface area contributed by atoms with Crippen molar-refractivity contribution in [1.82, 2.24) is 0 Å². The first-order valence-corrected chi connectivity index (χ1v) is 12.7. The Labute approximate surface area is 228 Å². The van der Waals surface area contributed by atoms with Gasteiger partial charge in [-0.25, -0.2) is 9.59 Å². The molecule has 0 heterocycles. The molecular weight excluding hydrogens is 488 g/mol. The number of hydrogen-bond acceptors (Lipinski definition) is 6. The van der Waals surface area contributed by atoms with E-state index < -0.39 is 17.4 Å². The minimum atomic E-state index is -0.884. The molecule has 1 aliphatic rings. The molecule has 6 heteroatoms. The largest absolute Gasteiger partial charge is 0.465 e. The monoisotopic (exact) mass is 520 g/mol. The van der Waals surface area contributed by atoms with Crippen LogP contribution in [0.25, 0.3) is 11.1 Å². The van der Waals surface area contributed by atoms with Crippen LogP contribution >= 0.6 is 0 Å². The number of anilines is 2. The fourth-order valence-electron chi connectivity index (χ4n) is 5.98. The van der Waals surface area contributed by atoms with Crippen LogP contribution in [0.15, 0.2) is 60.7 Å². The third-order valence-corrected chi connectivity index (χ3v) is 8.03. The van der Waals surface area contributed by atoms with Crippen molar-refractivity contribution in [2.24, 2.45) is 0 Å². The van der Waals surface area contributed by atoms with Crippen LogP contribution in [0.5, 0.6) is 0 Å². The van der Waals surface area contributed by atoms with E-state index in [-0.39, 0.29) is 0 Å². The number of nitrogen functional groups attached to an aromatic ring is 2. The number of rotatable bonds is 4. The smallest absolute Gasteiger partial charge is 0.337 e. The summed E-state index contributed by atoms with van der Waals surface area (Å²) in [7, 11) is 2.75. The second-order valence-corrected chi connectivity index (χ2v) is 10.3. The molecule has 1 aliphatic carbocycles. The molecule has 0 aliphatic heterocycles. The second-order valence-electron chi connectivity index (χ2n) is 10.3. The molecule has 0 atom stereocenters. The van der Waals surface area contributed by atoms with Crippen LogP contribution in [0.3, 0.4) is 0 Å². The summed E-state index contributed by atoms with van der Waals surface area (Å²) >= 11 is 0. The van der Waals surface area contributed by atoms with E-state index >= 15 is 0 Å². The molecule has 198 valence electrons. The van der Waals surface area contributed by atoms with Gasteiger partial charge in [0.2, 0.25) is 0 Å². The van der Waals surface area contributed by atoms with Gasteiger partial charge in [0.1, 0.15) is 0 Å². The summed E-state index contributed by atoms with van der Waals surface area (Å²) in [6.07, 6.45) is 0. The van der Waals surface area contributed by atoms with Crippen LogP contribution in [0.4, 0.5) is 11.4 Å². The molecule has 0 saturated heterocycles. The standard InChI is InChI=1S/C33H32N2O4/c1-17-11-23(12-18(2)29(17)34)33(24-13-19(3)30(35)20(4)14-24)27-15-21(31(36)38-5)7-9-25(27)26-10-8-22(16-28(26)33)32(37)39-6/h7-16H,34-35H2,1-6H3. The Morgan fingerprint density at radius 1 is 0.590 bits per heavy atom. The van der Waals surface area contributed by atoms with E-state index in [9.17, 15) is 9.59 Å². The Hall–Kier alpha value is -4.58. The molecule has 39 heavy (non-hydrogen) atoms. The van der Waals surface area contributed by atoms with Gasteiger partial charge >= 0.3 is 11.9 Å². The number of fused-ring (bicyclic) bond motifs is 3. The number of hydrogen-bond donors (Lipinski definition) is 2. The quantitative estimate of drug-likeness (QED) is 0.222. The van der Waals surface area contributed by atoms with E-state index in [0.717, 1.165) is 67.0 Å². The maximum absolute atomic E-state index is 12.7. The number of nitrogens with two attached hydrogens (primary N) is 2. The Kier molecular flexibility index (Phi) is 6.22. The minimum Gasteiger partial charge on any atom is -0.465 e. The van der Waals surface area contributed by atoms with Crippen LogP contribution in [-0.4, -0.2) is 26.2 Å². The lowest BCUT2D eigenvalue weighted by Gasteiger charge is -2.35. The summed E-state index contributed by atoms with van der Waals surface area (Å²) in [5, 5.41) is 0. The van der Waals surface area contributed by atoms with Crippen molar-refractivity contribution in [3.05, 3.63) is 116 Å². The Balaban J connectivity index is 2.02. The third kappa shape index (κ3) is 3.78. The van der Waals surface area contributed by atoms with Crippen LogP contribution in [0.1, 0.15) is 65.2 Å². The number of benzene rings is 4. The SMILES string of the molecule is COC(=O)c1ccc2c(c1)C(c1cc(C)c(N)c(C)c1)(c1cc(C)c(N)c(C)c1)c1cc(C(=O)OC)ccc1-2. The third-order valence-electron chi connectivity index (χ3n) is 8.03. The van der Waals surface area contributed by atoms with Gasteiger partial charge in [0, 0.05) is 11.4 Å². The van der Waals surface area contributed by atoms with Gasteiger partial charge in [0.05, 0.1) is 30.8 Å². The van der Waals surface area contributed by atoms with Crippen molar-refractivity contribution >= 4 is 23.3 Å². The van der Waals surface area contributed by atoms with E-state index in [1.807, 2.05) is 52.0 Å². The highest BCUT2D eigenvalue weighted by Crippen LogP contribution is 2.57. The number of carbonyl (C=O) groups excluding carboxylic acids is 2. The van der Waals surface area contributed by atoms with Gasteiger partial charge in [-0.2, -0.15) is 0 Å². The van der Waals surface area contributed by atoms with Crippen LogP contribution in [0, 0.1) is 27.7 Å². The fourth-order valence-corrected chi connectivity index (χ4v) is 5.98. The normalized spacial score (nSPS) is 13.0. The van der Waals surface area contributed by atoms with Crippen LogP contribution in [-0.2, 0) is 14.9 Å². The molecule has 6 nitrogen and oxygen atoms in total. The first-order chi connectivity index (χ1) is 18.5. The molecule has 0 saturated carbocycles. The van der Waals surface area contributed by atoms with Crippen molar-refractivity contribution in [2.75, 3.05) is 25.7 Å². The van der Waals surface area contributed by atoms with E-state index in [2.05, 4.69) is 24.3 Å². The topological polar surface area (TPSA) is 105 Å². The first-order valence-electron chi connectivity index (χ1n) is 12.7. The predicted molar refractivity (Wildman–Crippen MR) is 154 cm³/mol. The molecule has 0 radical (unpaired) electrons. The number of aryl methyl sites for hydroxylation is 4. The fraction of sp³-hybridized carbons (Fsp3) is 0.212. The van der Waals surface area contributed by atoms with E-state index in [0.29, 0.717) is 11.1 Å². The molecule has 0 bridgehead atoms. The molecule has 0 spiro atoms. The summed E-state index contributed by atoms with van der Waals surface area (Å²) in [5.41, 5.74) is 23.7. The highest BCUT2D eigenvalue weighted by molar-refractivity contribution is 5.96. The molecular formula is C33H32N2O4. The van der Waals surface area contributed by atoms with Crippen molar-refractivity contribution < 1.29 is 19.1 Å². The number of ether oxygens (including phenoxy) is 2.